The SMILES string of the molecule is Cc1ccc(C2(C#N)CCN(C3CC3)CC2)cc1. The molecule has 2 heteroatoms. The van der Waals surface area contributed by atoms with E-state index >= 15 is 0 Å². The number of aryl methyl sites for hydroxylation is 1. The van der Waals surface area contributed by atoms with E-state index < -0.39 is 0 Å². The van der Waals surface area contributed by atoms with Crippen molar-refractivity contribution in [2.24, 2.45) is 0 Å². The fourth-order valence-electron chi connectivity index (χ4n) is 3.05. The second-order valence-corrected chi connectivity index (χ2v) is 5.83. The second kappa shape index (κ2) is 4.40. The van der Waals surface area contributed by atoms with Crippen molar-refractivity contribution in [2.45, 2.75) is 44.1 Å². The van der Waals surface area contributed by atoms with Gasteiger partial charge in [-0.05, 0) is 38.2 Å². The number of hydrogen-bond donors (Lipinski definition) is 0. The van der Waals surface area contributed by atoms with E-state index in [1.165, 1.54) is 24.0 Å². The summed E-state index contributed by atoms with van der Waals surface area (Å²) in [5.74, 6) is 0. The third-order valence-corrected chi connectivity index (χ3v) is 4.53. The van der Waals surface area contributed by atoms with Crippen LogP contribution >= 0.6 is 0 Å². The third-order valence-electron chi connectivity index (χ3n) is 4.53. The molecule has 1 aromatic carbocycles. The Balaban J connectivity index is 1.79. The van der Waals surface area contributed by atoms with Gasteiger partial charge in [-0.3, -0.25) is 0 Å². The van der Waals surface area contributed by atoms with E-state index in [0.29, 0.717) is 0 Å². The summed E-state index contributed by atoms with van der Waals surface area (Å²) in [6.07, 6.45) is 4.71. The Morgan fingerprint density at radius 2 is 1.78 bits per heavy atom. The first-order valence-electron chi connectivity index (χ1n) is 6.96. The molecule has 0 aromatic heterocycles. The molecular formula is C16H20N2. The first kappa shape index (κ1) is 11.7. The van der Waals surface area contributed by atoms with Crippen LogP contribution < -0.4 is 0 Å². The smallest absolute Gasteiger partial charge is 0.0846 e. The maximum absolute atomic E-state index is 9.64. The number of likely N-dealkylation sites (tertiary alicyclic amines) is 1. The number of nitrogens with zero attached hydrogens (tertiary/aromatic N) is 2. The highest BCUT2D eigenvalue weighted by molar-refractivity contribution is 5.35. The monoisotopic (exact) mass is 240 g/mol. The van der Waals surface area contributed by atoms with Crippen molar-refractivity contribution < 1.29 is 0 Å². The van der Waals surface area contributed by atoms with Gasteiger partial charge in [-0.25, -0.2) is 0 Å². The largest absolute Gasteiger partial charge is 0.300 e. The maximum atomic E-state index is 9.64. The van der Waals surface area contributed by atoms with E-state index in [9.17, 15) is 5.26 Å². The summed E-state index contributed by atoms with van der Waals surface area (Å²) >= 11 is 0. The molecule has 1 saturated heterocycles. The number of hydrogen-bond acceptors (Lipinski definition) is 2. The molecule has 18 heavy (non-hydrogen) atoms. The highest BCUT2D eigenvalue weighted by Gasteiger charge is 2.40. The summed E-state index contributed by atoms with van der Waals surface area (Å²) in [6, 6.07) is 12.0. The molecule has 0 bridgehead atoms. The summed E-state index contributed by atoms with van der Waals surface area (Å²) in [5, 5.41) is 9.64. The molecule has 2 nitrogen and oxygen atoms in total. The highest BCUT2D eigenvalue weighted by atomic mass is 15.2. The molecule has 0 unspecified atom stereocenters. The van der Waals surface area contributed by atoms with E-state index in [1.807, 2.05) is 0 Å². The van der Waals surface area contributed by atoms with Crippen LogP contribution in [0.15, 0.2) is 24.3 Å². The van der Waals surface area contributed by atoms with Crippen LogP contribution in [0, 0.1) is 18.3 Å². The molecule has 1 aliphatic heterocycles. The van der Waals surface area contributed by atoms with Gasteiger partial charge in [-0.15, -0.1) is 0 Å². The summed E-state index contributed by atoms with van der Waals surface area (Å²) in [5.41, 5.74) is 2.24. The first-order valence-corrected chi connectivity index (χ1v) is 6.96. The molecule has 2 aliphatic rings. The van der Waals surface area contributed by atoms with Gasteiger partial charge in [0.25, 0.3) is 0 Å². The van der Waals surface area contributed by atoms with Crippen LogP contribution in [0.5, 0.6) is 0 Å². The van der Waals surface area contributed by atoms with Gasteiger partial charge in [0.2, 0.25) is 0 Å². The third kappa shape index (κ3) is 2.04. The Bertz CT molecular complexity index is 457. The van der Waals surface area contributed by atoms with Gasteiger partial charge in [0.15, 0.2) is 0 Å². The minimum absolute atomic E-state index is 0.237. The zero-order valence-electron chi connectivity index (χ0n) is 11.0. The minimum Gasteiger partial charge on any atom is -0.300 e. The Morgan fingerprint density at radius 3 is 2.28 bits per heavy atom. The Kier molecular flexibility index (Phi) is 2.87. The van der Waals surface area contributed by atoms with Gasteiger partial charge in [0.1, 0.15) is 0 Å². The molecule has 0 amide bonds. The lowest BCUT2D eigenvalue weighted by Crippen LogP contribution is -2.42. The van der Waals surface area contributed by atoms with Gasteiger partial charge in [0, 0.05) is 19.1 Å². The van der Waals surface area contributed by atoms with Crippen molar-refractivity contribution in [3.05, 3.63) is 35.4 Å². The number of piperidine rings is 1. The van der Waals surface area contributed by atoms with Crippen molar-refractivity contribution >= 4 is 0 Å². The molecule has 1 aromatic rings. The molecule has 1 saturated carbocycles. The van der Waals surface area contributed by atoms with Crippen molar-refractivity contribution in [2.75, 3.05) is 13.1 Å². The first-order chi connectivity index (χ1) is 8.73. The molecule has 0 spiro atoms. The van der Waals surface area contributed by atoms with Gasteiger partial charge in [0.05, 0.1) is 11.5 Å². The second-order valence-electron chi connectivity index (χ2n) is 5.83. The lowest BCUT2D eigenvalue weighted by Gasteiger charge is -2.37. The van der Waals surface area contributed by atoms with E-state index in [2.05, 4.69) is 42.2 Å². The molecule has 0 radical (unpaired) electrons. The van der Waals surface area contributed by atoms with E-state index in [-0.39, 0.29) is 5.41 Å². The van der Waals surface area contributed by atoms with Gasteiger partial charge >= 0.3 is 0 Å². The van der Waals surface area contributed by atoms with Crippen LogP contribution in [-0.2, 0) is 5.41 Å². The van der Waals surface area contributed by atoms with E-state index in [1.54, 1.807) is 0 Å². The van der Waals surface area contributed by atoms with Gasteiger partial charge < -0.3 is 4.90 Å². The minimum atomic E-state index is -0.237. The molecule has 94 valence electrons. The molecule has 0 atom stereocenters. The summed E-state index contributed by atoms with van der Waals surface area (Å²) in [7, 11) is 0. The van der Waals surface area contributed by atoms with Crippen LogP contribution in [0.1, 0.15) is 36.8 Å². The summed E-state index contributed by atoms with van der Waals surface area (Å²) in [6.45, 7) is 4.27. The van der Waals surface area contributed by atoms with Crippen LogP contribution in [0.2, 0.25) is 0 Å². The predicted octanol–water partition coefficient (Wildman–Crippen LogP) is 3.01. The number of nitriles is 1. The lowest BCUT2D eigenvalue weighted by molar-refractivity contribution is 0.178. The zero-order valence-corrected chi connectivity index (χ0v) is 11.0. The average molecular weight is 240 g/mol. The quantitative estimate of drug-likeness (QED) is 0.794. The fraction of sp³-hybridized carbons (Fsp3) is 0.562. The van der Waals surface area contributed by atoms with Crippen LogP contribution in [0.25, 0.3) is 0 Å². The Hall–Kier alpha value is -1.33. The summed E-state index contributed by atoms with van der Waals surface area (Å²) in [4.78, 5) is 2.57. The van der Waals surface area contributed by atoms with Gasteiger partial charge in [-0.2, -0.15) is 5.26 Å². The molecule has 1 heterocycles. The Labute approximate surface area is 109 Å². The standard InChI is InChI=1S/C16H20N2/c1-13-2-4-14(5-3-13)16(12-17)8-10-18(11-9-16)15-6-7-15/h2-5,15H,6-11H2,1H3. The predicted molar refractivity (Wildman–Crippen MR) is 72.3 cm³/mol. The van der Waals surface area contributed by atoms with Crippen LogP contribution in [0.3, 0.4) is 0 Å². The van der Waals surface area contributed by atoms with Crippen molar-refractivity contribution in [1.82, 2.24) is 4.90 Å². The van der Waals surface area contributed by atoms with Crippen LogP contribution in [0.4, 0.5) is 0 Å². The normalized spacial score (nSPS) is 23.6. The van der Waals surface area contributed by atoms with E-state index in [0.717, 1.165) is 32.0 Å². The Morgan fingerprint density at radius 1 is 1.17 bits per heavy atom. The molecule has 0 N–H and O–H groups in total. The molecule has 3 rings (SSSR count). The van der Waals surface area contributed by atoms with Crippen LogP contribution in [-0.4, -0.2) is 24.0 Å². The van der Waals surface area contributed by atoms with Gasteiger partial charge in [-0.1, -0.05) is 29.8 Å². The highest BCUT2D eigenvalue weighted by Crippen LogP contribution is 2.38. The molecular weight excluding hydrogens is 220 g/mol. The van der Waals surface area contributed by atoms with Crippen molar-refractivity contribution in [3.63, 3.8) is 0 Å². The van der Waals surface area contributed by atoms with Crippen molar-refractivity contribution in [3.8, 4) is 6.07 Å². The van der Waals surface area contributed by atoms with E-state index in [4.69, 9.17) is 0 Å². The number of rotatable bonds is 2. The molecule has 2 fully saturated rings. The van der Waals surface area contributed by atoms with Crippen molar-refractivity contribution in [1.29, 1.82) is 5.26 Å². The topological polar surface area (TPSA) is 27.0 Å². The maximum Gasteiger partial charge on any atom is 0.0846 e. The fourth-order valence-corrected chi connectivity index (χ4v) is 3.05. The average Bonchev–Trinajstić information content (AvgIpc) is 3.24. The molecule has 1 aliphatic carbocycles. The zero-order chi connectivity index (χ0) is 12.6. The summed E-state index contributed by atoms with van der Waals surface area (Å²) < 4.78 is 0. The lowest BCUT2D eigenvalue weighted by atomic mass is 9.74. The number of benzene rings is 1.